The summed E-state index contributed by atoms with van der Waals surface area (Å²) >= 11 is 0. The normalized spacial score (nSPS) is 17.9. The van der Waals surface area contributed by atoms with Crippen molar-refractivity contribution in [3.63, 3.8) is 0 Å². The van der Waals surface area contributed by atoms with E-state index in [0.29, 0.717) is 12.8 Å². The highest BCUT2D eigenvalue weighted by Crippen LogP contribution is 2.24. The fourth-order valence-electron chi connectivity index (χ4n) is 2.28. The van der Waals surface area contributed by atoms with Crippen LogP contribution in [0.2, 0.25) is 0 Å². The highest BCUT2D eigenvalue weighted by atomic mass is 16.6. The molecule has 2 amide bonds. The topological polar surface area (TPSA) is 93.7 Å². The van der Waals surface area contributed by atoms with Gasteiger partial charge >= 0.3 is 12.2 Å². The average molecular weight is 368 g/mol. The molecule has 7 nitrogen and oxygen atoms in total. The highest BCUT2D eigenvalue weighted by molar-refractivity contribution is 5.87. The minimum atomic E-state index is -0.474. The van der Waals surface area contributed by atoms with Crippen molar-refractivity contribution in [2.45, 2.75) is 90.5 Å². The molecule has 2 aliphatic rings. The quantitative estimate of drug-likeness (QED) is 0.728. The van der Waals surface area contributed by atoms with E-state index in [1.807, 2.05) is 20.8 Å². The van der Waals surface area contributed by atoms with Crippen LogP contribution < -0.4 is 10.6 Å². The molecule has 0 heterocycles. The number of carbonyl (C=O) groups is 3. The third-order valence-corrected chi connectivity index (χ3v) is 3.46. The average Bonchev–Trinajstić information content (AvgIpc) is 2.31. The van der Waals surface area contributed by atoms with Crippen molar-refractivity contribution in [1.82, 2.24) is 10.6 Å². The first-order valence-corrected chi connectivity index (χ1v) is 8.91. The summed E-state index contributed by atoms with van der Waals surface area (Å²) in [5.41, 5.74) is 0.309. The highest BCUT2D eigenvalue weighted by Gasteiger charge is 2.29. The van der Waals surface area contributed by atoms with E-state index < -0.39 is 17.3 Å². The summed E-state index contributed by atoms with van der Waals surface area (Å²) < 4.78 is 10.1. The molecule has 2 fully saturated rings. The molecule has 0 unspecified atom stereocenters. The summed E-state index contributed by atoms with van der Waals surface area (Å²) in [6, 6.07) is 0.227. The van der Waals surface area contributed by atoms with E-state index in [4.69, 9.17) is 9.47 Å². The number of carbonyl (C=O) groups excluding carboxylic acids is 3. The molecule has 0 radical (unpaired) electrons. The number of amides is 2. The molecule has 7 heteroatoms. The van der Waals surface area contributed by atoms with Crippen molar-refractivity contribution in [3.05, 3.63) is 12.2 Å². The first kappa shape index (κ1) is 22.0. The van der Waals surface area contributed by atoms with Crippen LogP contribution in [0.25, 0.3) is 0 Å². The van der Waals surface area contributed by atoms with E-state index in [9.17, 15) is 14.4 Å². The Balaban J connectivity index is 0.000000260. The lowest BCUT2D eigenvalue weighted by atomic mass is 9.88. The van der Waals surface area contributed by atoms with E-state index >= 15 is 0 Å². The van der Waals surface area contributed by atoms with Crippen LogP contribution in [-0.2, 0) is 14.3 Å². The van der Waals surface area contributed by atoms with Gasteiger partial charge in [-0.15, -0.1) is 0 Å². The van der Waals surface area contributed by atoms with Gasteiger partial charge in [-0.1, -0.05) is 12.2 Å². The molecule has 0 saturated heterocycles. The van der Waals surface area contributed by atoms with Crippen LogP contribution >= 0.6 is 0 Å². The molecule has 148 valence electrons. The monoisotopic (exact) mass is 368 g/mol. The van der Waals surface area contributed by atoms with Gasteiger partial charge in [0.05, 0.1) is 0 Å². The summed E-state index contributed by atoms with van der Waals surface area (Å²) in [4.78, 5) is 32.9. The first-order chi connectivity index (χ1) is 11.7. The van der Waals surface area contributed by atoms with E-state index in [2.05, 4.69) is 17.2 Å². The van der Waals surface area contributed by atoms with E-state index in [1.54, 1.807) is 20.8 Å². The van der Waals surface area contributed by atoms with Gasteiger partial charge in [0.15, 0.2) is 0 Å². The van der Waals surface area contributed by atoms with Crippen LogP contribution in [-0.4, -0.2) is 41.3 Å². The largest absolute Gasteiger partial charge is 0.444 e. The molecular formula is C19H32N2O5. The second-order valence-corrected chi connectivity index (χ2v) is 8.79. The zero-order valence-electron chi connectivity index (χ0n) is 16.7. The van der Waals surface area contributed by atoms with Crippen molar-refractivity contribution in [1.29, 1.82) is 0 Å². The van der Waals surface area contributed by atoms with Gasteiger partial charge in [-0.25, -0.2) is 9.59 Å². The molecule has 2 N–H and O–H groups in total. The Kier molecular flexibility index (Phi) is 7.24. The Morgan fingerprint density at radius 1 is 0.846 bits per heavy atom. The summed E-state index contributed by atoms with van der Waals surface area (Å²) in [5.74, 6) is 0.195. The van der Waals surface area contributed by atoms with Crippen molar-refractivity contribution in [2.24, 2.45) is 0 Å². The Hall–Kier alpha value is -2.05. The molecule has 2 rings (SSSR count). The molecule has 0 atom stereocenters. The van der Waals surface area contributed by atoms with Crippen LogP contribution in [0.5, 0.6) is 0 Å². The lowest BCUT2D eigenvalue weighted by Gasteiger charge is -2.30. The fraction of sp³-hybridized carbons (Fsp3) is 0.737. The van der Waals surface area contributed by atoms with Crippen LogP contribution in [0.1, 0.15) is 67.2 Å². The number of hydrogen-bond acceptors (Lipinski definition) is 5. The number of ketones is 1. The third kappa shape index (κ3) is 9.44. The van der Waals surface area contributed by atoms with Gasteiger partial charge in [-0.3, -0.25) is 4.79 Å². The number of nitrogens with one attached hydrogen (secondary N) is 2. The maximum atomic E-state index is 11.2. The summed E-state index contributed by atoms with van der Waals surface area (Å²) in [6.07, 6.45) is 1.90. The molecule has 0 aromatic carbocycles. The maximum absolute atomic E-state index is 11.2. The molecule has 2 saturated carbocycles. The first-order valence-electron chi connectivity index (χ1n) is 8.91. The Labute approximate surface area is 155 Å². The van der Waals surface area contributed by atoms with Gasteiger partial charge in [0, 0.05) is 24.9 Å². The van der Waals surface area contributed by atoms with Crippen LogP contribution in [0, 0.1) is 0 Å². The van der Waals surface area contributed by atoms with E-state index in [-0.39, 0.29) is 24.0 Å². The number of hydrogen-bond donors (Lipinski definition) is 2. The Morgan fingerprint density at radius 3 is 1.46 bits per heavy atom. The van der Waals surface area contributed by atoms with Crippen molar-refractivity contribution < 1.29 is 23.9 Å². The number of Topliss-reactive ketones (excluding diaryl/α,β-unsaturated/α-hetero) is 1. The minimum absolute atomic E-state index is 0.0117. The fourth-order valence-corrected chi connectivity index (χ4v) is 2.28. The summed E-state index contributed by atoms with van der Waals surface area (Å²) in [6.45, 7) is 14.8. The standard InChI is InChI=1S/C10H17NO2.C9H15NO3/c1-7-5-8(6-7)11-9(12)13-10(2,3)4;1-9(2,3)13-8(12)10-6-4-7(11)5-6/h8H,1,5-6H2,2-4H3,(H,11,12);6H,4-5H2,1-3H3,(H,10,12). The zero-order chi connectivity index (χ0) is 20.1. The smallest absolute Gasteiger partial charge is 0.407 e. The SMILES string of the molecule is C=C1CC(NC(=O)OC(C)(C)C)C1.CC(C)(C)OC(=O)NC1CC(=O)C1. The molecule has 0 aromatic rings. The van der Waals surface area contributed by atoms with Gasteiger partial charge in [0.1, 0.15) is 17.0 Å². The second-order valence-electron chi connectivity index (χ2n) is 8.79. The van der Waals surface area contributed by atoms with Gasteiger partial charge in [-0.05, 0) is 54.4 Å². The van der Waals surface area contributed by atoms with E-state index in [1.165, 1.54) is 5.57 Å². The molecule has 0 aromatic heterocycles. The zero-order valence-corrected chi connectivity index (χ0v) is 16.7. The van der Waals surface area contributed by atoms with Crippen LogP contribution in [0.15, 0.2) is 12.2 Å². The van der Waals surface area contributed by atoms with Gasteiger partial charge in [0.25, 0.3) is 0 Å². The molecule has 0 spiro atoms. The number of alkyl carbamates (subject to hydrolysis) is 2. The lowest BCUT2D eigenvalue weighted by Crippen LogP contribution is -2.46. The minimum Gasteiger partial charge on any atom is -0.444 e. The van der Waals surface area contributed by atoms with Gasteiger partial charge in [0.2, 0.25) is 0 Å². The Bertz CT molecular complexity index is 491. The molecule has 2 aliphatic carbocycles. The predicted octanol–water partition coefficient (Wildman–Crippen LogP) is 3.47. The van der Waals surface area contributed by atoms with Crippen LogP contribution in [0.4, 0.5) is 9.59 Å². The van der Waals surface area contributed by atoms with E-state index in [0.717, 1.165) is 12.8 Å². The predicted molar refractivity (Wildman–Crippen MR) is 98.9 cm³/mol. The molecule has 0 bridgehead atoms. The third-order valence-electron chi connectivity index (χ3n) is 3.46. The maximum Gasteiger partial charge on any atom is 0.407 e. The Morgan fingerprint density at radius 2 is 1.19 bits per heavy atom. The molecular weight excluding hydrogens is 336 g/mol. The molecule has 26 heavy (non-hydrogen) atoms. The number of ether oxygens (including phenoxy) is 2. The van der Waals surface area contributed by atoms with Gasteiger partial charge < -0.3 is 20.1 Å². The van der Waals surface area contributed by atoms with Crippen molar-refractivity contribution in [3.8, 4) is 0 Å². The molecule has 0 aliphatic heterocycles. The lowest BCUT2D eigenvalue weighted by molar-refractivity contribution is -0.125. The summed E-state index contributed by atoms with van der Waals surface area (Å²) in [5, 5.41) is 5.40. The van der Waals surface area contributed by atoms with Crippen molar-refractivity contribution in [2.75, 3.05) is 0 Å². The van der Waals surface area contributed by atoms with Crippen LogP contribution in [0.3, 0.4) is 0 Å². The van der Waals surface area contributed by atoms with Gasteiger partial charge in [-0.2, -0.15) is 0 Å². The summed E-state index contributed by atoms with van der Waals surface area (Å²) in [7, 11) is 0. The van der Waals surface area contributed by atoms with Crippen molar-refractivity contribution >= 4 is 18.0 Å². The second kappa shape index (κ2) is 8.56. The number of rotatable bonds is 2.